The number of fused-ring (bicyclic) bond motifs is 5. The van der Waals surface area contributed by atoms with E-state index in [0.717, 1.165) is 42.6 Å². The Hall–Kier alpha value is 0.210. The number of piperidine rings is 1. The summed E-state index contributed by atoms with van der Waals surface area (Å²) in [7, 11) is 0. The van der Waals surface area contributed by atoms with Crippen LogP contribution in [0.15, 0.2) is 0 Å². The van der Waals surface area contributed by atoms with E-state index in [-0.39, 0.29) is 11.5 Å². The quantitative estimate of drug-likeness (QED) is 0.758. The smallest absolute Gasteiger partial charge is 0.0596 e. The molecule has 0 amide bonds. The predicted molar refractivity (Wildman–Crippen MR) is 95.7 cm³/mol. The number of nitrogens with zero attached hydrogens (tertiary/aromatic N) is 1. The maximum Gasteiger partial charge on any atom is 0.0596 e. The standard InChI is InChI=1S/C20H34ClNO/c1-19-9-3-12-22(13-11-21)17(19)6-4-14-15-5-7-18(23)20(15,2)10-8-16(14)19/h14-18,23H,3-13H2,1-2H3/t14?,15?,16?,17-,18?,19?,20?/m1/s1. The molecule has 0 aromatic heterocycles. The number of hydrogen-bond acceptors (Lipinski definition) is 2. The summed E-state index contributed by atoms with van der Waals surface area (Å²) in [6.45, 7) is 7.31. The second-order valence-corrected chi connectivity index (χ2v) is 9.82. The maximum atomic E-state index is 10.6. The van der Waals surface area contributed by atoms with Gasteiger partial charge in [-0.25, -0.2) is 0 Å². The highest BCUT2D eigenvalue weighted by atomic mass is 35.5. The topological polar surface area (TPSA) is 23.5 Å². The van der Waals surface area contributed by atoms with Crippen molar-refractivity contribution in [2.75, 3.05) is 19.0 Å². The van der Waals surface area contributed by atoms with Gasteiger partial charge in [-0.15, -0.1) is 11.6 Å². The zero-order valence-corrected chi connectivity index (χ0v) is 15.7. The highest BCUT2D eigenvalue weighted by molar-refractivity contribution is 6.18. The second-order valence-electron chi connectivity index (χ2n) is 9.44. The van der Waals surface area contributed by atoms with Gasteiger partial charge >= 0.3 is 0 Å². The molecule has 3 saturated carbocycles. The lowest BCUT2D eigenvalue weighted by Crippen LogP contribution is -2.61. The molecule has 0 aromatic rings. The zero-order chi connectivity index (χ0) is 16.2. The molecule has 3 aliphatic carbocycles. The Morgan fingerprint density at radius 1 is 1.00 bits per heavy atom. The zero-order valence-electron chi connectivity index (χ0n) is 14.9. The van der Waals surface area contributed by atoms with Crippen LogP contribution in [0.5, 0.6) is 0 Å². The van der Waals surface area contributed by atoms with Gasteiger partial charge in [0.25, 0.3) is 0 Å². The fraction of sp³-hybridized carbons (Fsp3) is 1.00. The molecule has 0 bridgehead atoms. The van der Waals surface area contributed by atoms with E-state index in [2.05, 4.69) is 18.7 Å². The summed E-state index contributed by atoms with van der Waals surface area (Å²) in [5.41, 5.74) is 0.705. The minimum absolute atomic E-state index is 0.0434. The Balaban J connectivity index is 1.61. The first-order valence-corrected chi connectivity index (χ1v) is 10.5. The lowest BCUT2D eigenvalue weighted by atomic mass is 9.47. The fourth-order valence-electron chi connectivity index (χ4n) is 7.56. The average molecular weight is 340 g/mol. The Labute approximate surface area is 147 Å². The summed E-state index contributed by atoms with van der Waals surface area (Å²) >= 11 is 6.09. The molecule has 6 unspecified atom stereocenters. The molecular formula is C20H34ClNO. The van der Waals surface area contributed by atoms with Gasteiger partial charge in [-0.05, 0) is 86.5 Å². The summed E-state index contributed by atoms with van der Waals surface area (Å²) in [6, 6.07) is 0.756. The third kappa shape index (κ3) is 2.34. The highest BCUT2D eigenvalue weighted by Gasteiger charge is 2.60. The molecule has 132 valence electrons. The molecule has 3 heteroatoms. The molecule has 4 fully saturated rings. The van der Waals surface area contributed by atoms with E-state index in [1.807, 2.05) is 0 Å². The molecule has 1 saturated heterocycles. The first kappa shape index (κ1) is 16.7. The van der Waals surface area contributed by atoms with Crippen LogP contribution >= 0.6 is 11.6 Å². The monoisotopic (exact) mass is 339 g/mol. The van der Waals surface area contributed by atoms with E-state index in [4.69, 9.17) is 11.6 Å². The van der Waals surface area contributed by atoms with Crippen LogP contribution in [0.2, 0.25) is 0 Å². The van der Waals surface area contributed by atoms with Crippen molar-refractivity contribution in [1.29, 1.82) is 0 Å². The molecule has 23 heavy (non-hydrogen) atoms. The van der Waals surface area contributed by atoms with Crippen molar-refractivity contribution in [3.8, 4) is 0 Å². The van der Waals surface area contributed by atoms with Crippen LogP contribution in [0.25, 0.3) is 0 Å². The minimum atomic E-state index is -0.0434. The Morgan fingerprint density at radius 3 is 2.57 bits per heavy atom. The maximum absolute atomic E-state index is 10.6. The van der Waals surface area contributed by atoms with Crippen LogP contribution in [0.3, 0.4) is 0 Å². The molecule has 0 aromatic carbocycles. The lowest BCUT2D eigenvalue weighted by Gasteiger charge is -2.62. The molecule has 4 rings (SSSR count). The Morgan fingerprint density at radius 2 is 1.78 bits per heavy atom. The van der Waals surface area contributed by atoms with Gasteiger partial charge in [0.1, 0.15) is 0 Å². The molecule has 1 aliphatic heterocycles. The first-order valence-electron chi connectivity index (χ1n) is 9.99. The minimum Gasteiger partial charge on any atom is -0.393 e. The summed E-state index contributed by atoms with van der Waals surface area (Å²) in [6.07, 6.45) is 10.4. The number of likely N-dealkylation sites (tertiary alicyclic amines) is 1. The van der Waals surface area contributed by atoms with Crippen molar-refractivity contribution in [2.45, 2.75) is 77.4 Å². The normalized spacial score (nSPS) is 53.5. The molecule has 2 nitrogen and oxygen atoms in total. The van der Waals surface area contributed by atoms with Crippen molar-refractivity contribution < 1.29 is 5.11 Å². The molecule has 1 N–H and O–H groups in total. The van der Waals surface area contributed by atoms with Crippen LogP contribution in [0.1, 0.15) is 65.2 Å². The average Bonchev–Trinajstić information content (AvgIpc) is 2.83. The summed E-state index contributed by atoms with van der Waals surface area (Å²) in [5.74, 6) is 3.29. The Bertz CT molecular complexity index is 455. The number of hydrogen-bond donors (Lipinski definition) is 1. The third-order valence-corrected chi connectivity index (χ3v) is 8.91. The van der Waals surface area contributed by atoms with E-state index < -0.39 is 0 Å². The summed E-state index contributed by atoms with van der Waals surface area (Å²) in [5, 5.41) is 10.6. The largest absolute Gasteiger partial charge is 0.393 e. The lowest BCUT2D eigenvalue weighted by molar-refractivity contribution is -0.133. The number of halogens is 1. The van der Waals surface area contributed by atoms with E-state index >= 15 is 0 Å². The van der Waals surface area contributed by atoms with Crippen LogP contribution in [-0.4, -0.2) is 41.1 Å². The van der Waals surface area contributed by atoms with Gasteiger partial charge in [0.05, 0.1) is 6.10 Å². The molecule has 0 spiro atoms. The number of alkyl halides is 1. The fourth-order valence-corrected chi connectivity index (χ4v) is 7.77. The number of aliphatic hydroxyl groups excluding tert-OH is 1. The van der Waals surface area contributed by atoms with E-state index in [0.29, 0.717) is 5.41 Å². The van der Waals surface area contributed by atoms with E-state index in [9.17, 15) is 5.11 Å². The van der Waals surface area contributed by atoms with E-state index in [1.165, 1.54) is 51.5 Å². The summed E-state index contributed by atoms with van der Waals surface area (Å²) in [4.78, 5) is 2.71. The molecule has 1 heterocycles. The summed E-state index contributed by atoms with van der Waals surface area (Å²) < 4.78 is 0. The van der Waals surface area contributed by atoms with Gasteiger partial charge in [-0.1, -0.05) is 13.8 Å². The van der Waals surface area contributed by atoms with E-state index in [1.54, 1.807) is 0 Å². The van der Waals surface area contributed by atoms with Gasteiger partial charge in [-0.3, -0.25) is 4.90 Å². The second kappa shape index (κ2) is 5.88. The highest BCUT2D eigenvalue weighted by Crippen LogP contribution is 2.64. The van der Waals surface area contributed by atoms with Gasteiger partial charge in [0.15, 0.2) is 0 Å². The number of rotatable bonds is 2. The van der Waals surface area contributed by atoms with Gasteiger partial charge in [-0.2, -0.15) is 0 Å². The molecular weight excluding hydrogens is 306 g/mol. The van der Waals surface area contributed by atoms with Crippen LogP contribution < -0.4 is 0 Å². The Kier molecular flexibility index (Phi) is 4.26. The molecule has 0 radical (unpaired) electrons. The van der Waals surface area contributed by atoms with Gasteiger partial charge in [0, 0.05) is 18.5 Å². The SMILES string of the molecule is CC12CCC3C(CC[C@H]4N(CCCl)CCCC34C)C1CCC2O. The van der Waals surface area contributed by atoms with Gasteiger partial charge < -0.3 is 5.11 Å². The third-order valence-electron chi connectivity index (χ3n) is 8.74. The van der Waals surface area contributed by atoms with Crippen molar-refractivity contribution in [2.24, 2.45) is 28.6 Å². The van der Waals surface area contributed by atoms with Crippen molar-refractivity contribution >= 4 is 11.6 Å². The first-order chi connectivity index (χ1) is 11.0. The molecule has 7 atom stereocenters. The van der Waals surface area contributed by atoms with Gasteiger partial charge in [0.2, 0.25) is 0 Å². The van der Waals surface area contributed by atoms with Crippen molar-refractivity contribution in [1.82, 2.24) is 4.90 Å². The predicted octanol–water partition coefficient (Wildman–Crippen LogP) is 4.29. The van der Waals surface area contributed by atoms with Crippen LogP contribution in [0, 0.1) is 28.6 Å². The molecule has 4 aliphatic rings. The van der Waals surface area contributed by atoms with Crippen LogP contribution in [-0.2, 0) is 0 Å². The number of aliphatic hydroxyl groups is 1. The van der Waals surface area contributed by atoms with Crippen molar-refractivity contribution in [3.05, 3.63) is 0 Å². The van der Waals surface area contributed by atoms with Crippen molar-refractivity contribution in [3.63, 3.8) is 0 Å². The van der Waals surface area contributed by atoms with Crippen LogP contribution in [0.4, 0.5) is 0 Å².